The highest BCUT2D eigenvalue weighted by Crippen LogP contribution is 2.29. The first kappa shape index (κ1) is 14.6. The Kier molecular flexibility index (Phi) is 4.71. The Morgan fingerprint density at radius 2 is 2.05 bits per heavy atom. The molecule has 2 unspecified atom stereocenters. The van der Waals surface area contributed by atoms with Crippen molar-refractivity contribution in [1.29, 1.82) is 0 Å². The van der Waals surface area contributed by atoms with Crippen LogP contribution in [-0.4, -0.2) is 30.4 Å². The predicted octanol–water partition coefficient (Wildman–Crippen LogP) is 3.05. The molecular formula is C14H18Cl2N2O. The molecule has 104 valence electrons. The Bertz CT molecular complexity index is 458. The van der Waals surface area contributed by atoms with Crippen molar-refractivity contribution in [2.45, 2.75) is 13.3 Å². The fraction of sp³-hybridized carbons (Fsp3) is 0.500. The molecule has 0 saturated carbocycles. The van der Waals surface area contributed by atoms with Gasteiger partial charge in [0.15, 0.2) is 0 Å². The Hall–Kier alpha value is -0.770. The number of rotatable bonds is 2. The Labute approximate surface area is 123 Å². The fourth-order valence-corrected chi connectivity index (χ4v) is 3.06. The van der Waals surface area contributed by atoms with Crippen molar-refractivity contribution in [1.82, 2.24) is 4.90 Å². The Morgan fingerprint density at radius 3 is 2.63 bits per heavy atom. The average Bonchev–Trinajstić information content (AvgIpc) is 2.39. The van der Waals surface area contributed by atoms with Gasteiger partial charge in [-0.1, -0.05) is 36.2 Å². The molecule has 1 fully saturated rings. The van der Waals surface area contributed by atoms with E-state index in [0.29, 0.717) is 40.5 Å². The highest BCUT2D eigenvalue weighted by molar-refractivity contribution is 6.39. The van der Waals surface area contributed by atoms with E-state index in [4.69, 9.17) is 28.9 Å². The monoisotopic (exact) mass is 300 g/mol. The molecule has 0 aliphatic carbocycles. The van der Waals surface area contributed by atoms with Crippen molar-refractivity contribution in [2.75, 3.05) is 19.6 Å². The topological polar surface area (TPSA) is 46.3 Å². The van der Waals surface area contributed by atoms with E-state index in [2.05, 4.69) is 6.92 Å². The number of hydrogen-bond donors (Lipinski definition) is 1. The number of amides is 1. The van der Waals surface area contributed by atoms with Gasteiger partial charge >= 0.3 is 0 Å². The second kappa shape index (κ2) is 6.12. The Balaban J connectivity index is 2.20. The van der Waals surface area contributed by atoms with E-state index in [0.717, 1.165) is 13.0 Å². The van der Waals surface area contributed by atoms with E-state index in [9.17, 15) is 4.79 Å². The maximum Gasteiger partial charge on any atom is 0.256 e. The molecule has 2 rings (SSSR count). The first-order valence-corrected chi connectivity index (χ1v) is 7.23. The first-order chi connectivity index (χ1) is 9.04. The molecule has 1 aromatic rings. The number of hydrogen-bond acceptors (Lipinski definition) is 2. The summed E-state index contributed by atoms with van der Waals surface area (Å²) in [4.78, 5) is 14.3. The van der Waals surface area contributed by atoms with E-state index in [-0.39, 0.29) is 5.91 Å². The van der Waals surface area contributed by atoms with E-state index in [1.165, 1.54) is 0 Å². The average molecular weight is 301 g/mol. The summed E-state index contributed by atoms with van der Waals surface area (Å²) < 4.78 is 0. The van der Waals surface area contributed by atoms with Crippen LogP contribution in [0.4, 0.5) is 0 Å². The molecule has 0 spiro atoms. The summed E-state index contributed by atoms with van der Waals surface area (Å²) in [5.41, 5.74) is 6.16. The second-order valence-electron chi connectivity index (χ2n) is 5.11. The van der Waals surface area contributed by atoms with Gasteiger partial charge in [-0.2, -0.15) is 0 Å². The minimum Gasteiger partial charge on any atom is -0.338 e. The van der Waals surface area contributed by atoms with Gasteiger partial charge in [-0.3, -0.25) is 4.79 Å². The van der Waals surface area contributed by atoms with Gasteiger partial charge in [-0.25, -0.2) is 0 Å². The van der Waals surface area contributed by atoms with Crippen LogP contribution < -0.4 is 5.73 Å². The van der Waals surface area contributed by atoms with Crippen LogP contribution in [0.15, 0.2) is 18.2 Å². The highest BCUT2D eigenvalue weighted by Gasteiger charge is 2.30. The molecule has 0 bridgehead atoms. The molecule has 1 heterocycles. The second-order valence-corrected chi connectivity index (χ2v) is 5.92. The number of carbonyl (C=O) groups is 1. The molecule has 19 heavy (non-hydrogen) atoms. The standard InChI is InChI=1S/C14H18Cl2N2O/c1-9-5-6-18(8-10(9)7-17)14(19)13-11(15)3-2-4-12(13)16/h2-4,9-10H,5-8,17H2,1H3. The Morgan fingerprint density at radius 1 is 1.42 bits per heavy atom. The van der Waals surface area contributed by atoms with Crippen LogP contribution >= 0.6 is 23.2 Å². The molecule has 0 radical (unpaired) electrons. The number of piperidine rings is 1. The van der Waals surface area contributed by atoms with Crippen LogP contribution in [0.25, 0.3) is 0 Å². The number of halogens is 2. The lowest BCUT2D eigenvalue weighted by molar-refractivity contribution is 0.0619. The fourth-order valence-electron chi connectivity index (χ4n) is 2.50. The number of benzene rings is 1. The van der Waals surface area contributed by atoms with E-state index in [1.54, 1.807) is 18.2 Å². The lowest BCUT2D eigenvalue weighted by Gasteiger charge is -2.36. The molecular weight excluding hydrogens is 283 g/mol. The van der Waals surface area contributed by atoms with E-state index < -0.39 is 0 Å². The molecule has 3 nitrogen and oxygen atoms in total. The molecule has 1 amide bonds. The molecule has 2 atom stereocenters. The number of likely N-dealkylation sites (tertiary alicyclic amines) is 1. The third kappa shape index (κ3) is 3.04. The molecule has 0 aromatic heterocycles. The van der Waals surface area contributed by atoms with Gasteiger partial charge < -0.3 is 10.6 Å². The van der Waals surface area contributed by atoms with Gasteiger partial charge in [0.1, 0.15) is 0 Å². The number of nitrogens with two attached hydrogens (primary N) is 1. The molecule has 1 aliphatic heterocycles. The number of nitrogens with zero attached hydrogens (tertiary/aromatic N) is 1. The minimum absolute atomic E-state index is 0.0963. The third-order valence-corrected chi connectivity index (χ3v) is 4.51. The van der Waals surface area contributed by atoms with Gasteiger partial charge in [0.2, 0.25) is 0 Å². The predicted molar refractivity (Wildman–Crippen MR) is 78.7 cm³/mol. The zero-order valence-electron chi connectivity index (χ0n) is 10.9. The van der Waals surface area contributed by atoms with Gasteiger partial charge in [-0.15, -0.1) is 0 Å². The maximum absolute atomic E-state index is 12.5. The van der Waals surface area contributed by atoms with Gasteiger partial charge in [0.25, 0.3) is 5.91 Å². The van der Waals surface area contributed by atoms with Crippen molar-refractivity contribution in [3.63, 3.8) is 0 Å². The van der Waals surface area contributed by atoms with Gasteiger partial charge in [-0.05, 0) is 36.9 Å². The lowest BCUT2D eigenvalue weighted by atomic mass is 9.87. The van der Waals surface area contributed by atoms with Crippen LogP contribution in [0.5, 0.6) is 0 Å². The van der Waals surface area contributed by atoms with Crippen LogP contribution in [-0.2, 0) is 0 Å². The zero-order valence-corrected chi connectivity index (χ0v) is 12.4. The van der Waals surface area contributed by atoms with Crippen LogP contribution in [0, 0.1) is 11.8 Å². The molecule has 1 aliphatic rings. The highest BCUT2D eigenvalue weighted by atomic mass is 35.5. The summed E-state index contributed by atoms with van der Waals surface area (Å²) in [6.45, 7) is 4.19. The summed E-state index contributed by atoms with van der Waals surface area (Å²) in [7, 11) is 0. The summed E-state index contributed by atoms with van der Waals surface area (Å²) >= 11 is 12.2. The summed E-state index contributed by atoms with van der Waals surface area (Å²) in [6.07, 6.45) is 0.968. The molecule has 5 heteroatoms. The van der Waals surface area contributed by atoms with E-state index in [1.807, 2.05) is 4.90 Å². The van der Waals surface area contributed by atoms with E-state index >= 15 is 0 Å². The zero-order chi connectivity index (χ0) is 14.0. The minimum atomic E-state index is -0.0963. The van der Waals surface area contributed by atoms with Crippen molar-refractivity contribution >= 4 is 29.1 Å². The summed E-state index contributed by atoms with van der Waals surface area (Å²) in [5, 5.41) is 0.806. The smallest absolute Gasteiger partial charge is 0.256 e. The van der Waals surface area contributed by atoms with Gasteiger partial charge in [0.05, 0.1) is 15.6 Å². The third-order valence-electron chi connectivity index (χ3n) is 3.88. The van der Waals surface area contributed by atoms with Crippen LogP contribution in [0.3, 0.4) is 0 Å². The number of carbonyl (C=O) groups excluding carboxylic acids is 1. The van der Waals surface area contributed by atoms with Crippen molar-refractivity contribution in [2.24, 2.45) is 17.6 Å². The van der Waals surface area contributed by atoms with Crippen LogP contribution in [0.1, 0.15) is 23.7 Å². The van der Waals surface area contributed by atoms with Crippen LogP contribution in [0.2, 0.25) is 10.0 Å². The van der Waals surface area contributed by atoms with Gasteiger partial charge in [0, 0.05) is 13.1 Å². The normalized spacial score (nSPS) is 23.5. The van der Waals surface area contributed by atoms with Crippen molar-refractivity contribution in [3.05, 3.63) is 33.8 Å². The summed E-state index contributed by atoms with van der Waals surface area (Å²) in [5.74, 6) is 0.802. The molecule has 1 aromatic carbocycles. The SMILES string of the molecule is CC1CCN(C(=O)c2c(Cl)cccc2Cl)CC1CN. The quantitative estimate of drug-likeness (QED) is 0.912. The first-order valence-electron chi connectivity index (χ1n) is 6.48. The van der Waals surface area contributed by atoms with Crippen molar-refractivity contribution in [3.8, 4) is 0 Å². The largest absolute Gasteiger partial charge is 0.338 e. The lowest BCUT2D eigenvalue weighted by Crippen LogP contribution is -2.45. The summed E-state index contributed by atoms with van der Waals surface area (Å²) in [6, 6.07) is 5.11. The van der Waals surface area contributed by atoms with Crippen molar-refractivity contribution < 1.29 is 4.79 Å². The molecule has 1 saturated heterocycles. The maximum atomic E-state index is 12.5. The molecule has 2 N–H and O–H groups in total.